The van der Waals surface area contributed by atoms with Crippen LogP contribution >= 0.6 is 0 Å². The first-order valence-electron chi connectivity index (χ1n) is 7.42. The van der Waals surface area contributed by atoms with Gasteiger partial charge < -0.3 is 10.1 Å². The van der Waals surface area contributed by atoms with Crippen LogP contribution in [0.3, 0.4) is 0 Å². The Balaban J connectivity index is 2.07. The number of anilines is 1. The van der Waals surface area contributed by atoms with E-state index in [1.807, 2.05) is 19.9 Å². The van der Waals surface area contributed by atoms with E-state index in [4.69, 9.17) is 4.74 Å². The van der Waals surface area contributed by atoms with Crippen molar-refractivity contribution in [1.29, 1.82) is 0 Å². The fourth-order valence-electron chi connectivity index (χ4n) is 2.23. The van der Waals surface area contributed by atoms with Crippen LogP contribution in [0, 0.1) is 31.3 Å². The van der Waals surface area contributed by atoms with Crippen LogP contribution in [0.2, 0.25) is 0 Å². The molecule has 1 atom stereocenters. The predicted molar refractivity (Wildman–Crippen MR) is 85.7 cm³/mol. The summed E-state index contributed by atoms with van der Waals surface area (Å²) >= 11 is 0. The number of rotatable bonds is 4. The molecule has 25 heavy (non-hydrogen) atoms. The third kappa shape index (κ3) is 4.37. The molecule has 0 saturated heterocycles. The molecule has 7 heteroatoms. The highest BCUT2D eigenvalue weighted by Gasteiger charge is 2.22. The Hall–Kier alpha value is -2.83. The molecule has 0 fully saturated rings. The normalized spacial score (nSPS) is 11.8. The number of esters is 1. The highest BCUT2D eigenvalue weighted by Crippen LogP contribution is 2.20. The van der Waals surface area contributed by atoms with Crippen LogP contribution in [0.4, 0.5) is 18.9 Å². The van der Waals surface area contributed by atoms with Crippen molar-refractivity contribution in [3.8, 4) is 0 Å². The van der Waals surface area contributed by atoms with Gasteiger partial charge in [0.1, 0.15) is 0 Å². The standard InChI is InChI=1S/C18H16F3NO3/c1-9-6-10(2)8-12(7-9)18(24)25-11(3)17(23)22-14-5-4-13(19)15(20)16(14)21/h4-8,11H,1-3H3,(H,22,23)/t11-/m0/s1. The third-order valence-corrected chi connectivity index (χ3v) is 3.40. The van der Waals surface area contributed by atoms with E-state index in [-0.39, 0.29) is 5.56 Å². The number of benzene rings is 2. The van der Waals surface area contributed by atoms with Gasteiger partial charge in [0.25, 0.3) is 5.91 Å². The molecule has 0 bridgehead atoms. The van der Waals surface area contributed by atoms with Crippen molar-refractivity contribution < 1.29 is 27.5 Å². The minimum atomic E-state index is -1.70. The number of ether oxygens (including phenoxy) is 1. The van der Waals surface area contributed by atoms with Gasteiger partial charge in [-0.15, -0.1) is 0 Å². The molecule has 0 aliphatic rings. The quantitative estimate of drug-likeness (QED) is 0.671. The lowest BCUT2D eigenvalue weighted by atomic mass is 10.1. The lowest BCUT2D eigenvalue weighted by Gasteiger charge is -2.14. The molecule has 2 aromatic rings. The minimum absolute atomic E-state index is 0.274. The topological polar surface area (TPSA) is 55.4 Å². The van der Waals surface area contributed by atoms with E-state index in [1.54, 1.807) is 12.1 Å². The van der Waals surface area contributed by atoms with Crippen LogP contribution in [-0.4, -0.2) is 18.0 Å². The largest absolute Gasteiger partial charge is 0.449 e. The average molecular weight is 351 g/mol. The number of aryl methyl sites for hydroxylation is 2. The summed E-state index contributed by atoms with van der Waals surface area (Å²) in [6, 6.07) is 6.65. The fourth-order valence-corrected chi connectivity index (χ4v) is 2.23. The second-order valence-electron chi connectivity index (χ2n) is 5.64. The molecule has 0 aliphatic carbocycles. The summed E-state index contributed by atoms with van der Waals surface area (Å²) in [4.78, 5) is 24.1. The van der Waals surface area contributed by atoms with E-state index in [0.717, 1.165) is 17.2 Å². The fraction of sp³-hybridized carbons (Fsp3) is 0.222. The molecule has 2 rings (SSSR count). The van der Waals surface area contributed by atoms with Crippen LogP contribution in [0.1, 0.15) is 28.4 Å². The first kappa shape index (κ1) is 18.5. The first-order valence-corrected chi connectivity index (χ1v) is 7.42. The SMILES string of the molecule is Cc1cc(C)cc(C(=O)O[C@@H](C)C(=O)Nc2ccc(F)c(F)c2F)c1. The van der Waals surface area contributed by atoms with Crippen molar-refractivity contribution in [2.24, 2.45) is 0 Å². The zero-order chi connectivity index (χ0) is 18.7. The van der Waals surface area contributed by atoms with Gasteiger partial charge in [-0.3, -0.25) is 4.79 Å². The van der Waals surface area contributed by atoms with Crippen molar-refractivity contribution in [3.63, 3.8) is 0 Å². The Morgan fingerprint density at radius 2 is 1.60 bits per heavy atom. The molecule has 0 unspecified atom stereocenters. The van der Waals surface area contributed by atoms with Gasteiger partial charge in [0.2, 0.25) is 0 Å². The Morgan fingerprint density at radius 3 is 2.20 bits per heavy atom. The summed E-state index contributed by atoms with van der Waals surface area (Å²) in [6.07, 6.45) is -1.26. The second-order valence-corrected chi connectivity index (χ2v) is 5.64. The number of halogens is 3. The molecule has 0 spiro atoms. The van der Waals surface area contributed by atoms with E-state index in [9.17, 15) is 22.8 Å². The van der Waals surface area contributed by atoms with Crippen molar-refractivity contribution in [2.45, 2.75) is 26.9 Å². The van der Waals surface area contributed by atoms with E-state index < -0.39 is 41.1 Å². The molecule has 0 radical (unpaired) electrons. The smallest absolute Gasteiger partial charge is 0.338 e. The molecule has 2 aromatic carbocycles. The van der Waals surface area contributed by atoms with E-state index >= 15 is 0 Å². The predicted octanol–water partition coefficient (Wildman–Crippen LogP) is 3.90. The van der Waals surface area contributed by atoms with Gasteiger partial charge in [-0.25, -0.2) is 18.0 Å². The van der Waals surface area contributed by atoms with E-state index in [1.165, 1.54) is 6.92 Å². The number of hydrogen-bond donors (Lipinski definition) is 1. The van der Waals surface area contributed by atoms with Crippen molar-refractivity contribution >= 4 is 17.6 Å². The lowest BCUT2D eigenvalue weighted by Crippen LogP contribution is -2.30. The molecular weight excluding hydrogens is 335 g/mol. The Labute approximate surface area is 142 Å². The third-order valence-electron chi connectivity index (χ3n) is 3.40. The number of nitrogens with one attached hydrogen (secondary N) is 1. The molecule has 0 aromatic heterocycles. The zero-order valence-corrected chi connectivity index (χ0v) is 13.8. The van der Waals surface area contributed by atoms with Crippen LogP contribution in [0.25, 0.3) is 0 Å². The van der Waals surface area contributed by atoms with Crippen molar-refractivity contribution in [1.82, 2.24) is 0 Å². The maximum absolute atomic E-state index is 13.6. The van der Waals surface area contributed by atoms with Crippen LogP contribution in [0.5, 0.6) is 0 Å². The number of amides is 1. The van der Waals surface area contributed by atoms with Gasteiger partial charge in [0, 0.05) is 0 Å². The van der Waals surface area contributed by atoms with Crippen molar-refractivity contribution in [2.75, 3.05) is 5.32 Å². The number of hydrogen-bond acceptors (Lipinski definition) is 3. The summed E-state index contributed by atoms with van der Waals surface area (Å²) < 4.78 is 44.6. The first-order chi connectivity index (χ1) is 11.7. The molecule has 0 aliphatic heterocycles. The van der Waals surface area contributed by atoms with E-state index in [0.29, 0.717) is 6.07 Å². The summed E-state index contributed by atoms with van der Waals surface area (Å²) in [5.41, 5.74) is 1.44. The molecule has 1 amide bonds. The van der Waals surface area contributed by atoms with Gasteiger partial charge in [0.15, 0.2) is 23.6 Å². The Kier molecular flexibility index (Phi) is 5.46. The van der Waals surface area contributed by atoms with Gasteiger partial charge in [-0.1, -0.05) is 17.2 Å². The van der Waals surface area contributed by atoms with Crippen LogP contribution < -0.4 is 5.32 Å². The maximum Gasteiger partial charge on any atom is 0.338 e. The second kappa shape index (κ2) is 7.38. The molecular formula is C18H16F3NO3. The highest BCUT2D eigenvalue weighted by atomic mass is 19.2. The Bertz CT molecular complexity index is 816. The maximum atomic E-state index is 13.6. The van der Waals surface area contributed by atoms with Gasteiger partial charge >= 0.3 is 5.97 Å². The molecule has 4 nitrogen and oxygen atoms in total. The lowest BCUT2D eigenvalue weighted by molar-refractivity contribution is -0.123. The summed E-state index contributed by atoms with van der Waals surface area (Å²) in [5.74, 6) is -6.19. The minimum Gasteiger partial charge on any atom is -0.449 e. The molecule has 132 valence electrons. The number of carbonyl (C=O) groups excluding carboxylic acids is 2. The monoisotopic (exact) mass is 351 g/mol. The zero-order valence-electron chi connectivity index (χ0n) is 13.8. The van der Waals surface area contributed by atoms with E-state index in [2.05, 4.69) is 5.32 Å². The Morgan fingerprint density at radius 1 is 1.00 bits per heavy atom. The van der Waals surface area contributed by atoms with Crippen molar-refractivity contribution in [3.05, 3.63) is 64.5 Å². The van der Waals surface area contributed by atoms with Gasteiger partial charge in [0.05, 0.1) is 11.3 Å². The van der Waals surface area contributed by atoms with Crippen LogP contribution in [-0.2, 0) is 9.53 Å². The van der Waals surface area contributed by atoms with Gasteiger partial charge in [-0.05, 0) is 45.0 Å². The summed E-state index contributed by atoms with van der Waals surface area (Å²) in [7, 11) is 0. The average Bonchev–Trinajstić information content (AvgIpc) is 2.54. The molecule has 0 saturated carbocycles. The van der Waals surface area contributed by atoms with Crippen LogP contribution in [0.15, 0.2) is 30.3 Å². The summed E-state index contributed by atoms with van der Waals surface area (Å²) in [5, 5.41) is 2.06. The molecule has 1 N–H and O–H groups in total. The summed E-state index contributed by atoms with van der Waals surface area (Å²) in [6.45, 7) is 4.91. The number of carbonyl (C=O) groups is 2. The molecule has 0 heterocycles. The highest BCUT2D eigenvalue weighted by molar-refractivity contribution is 5.97. The van der Waals surface area contributed by atoms with Gasteiger partial charge in [-0.2, -0.15) is 0 Å².